The average Bonchev–Trinajstić information content (AvgIpc) is 2.52. The summed E-state index contributed by atoms with van der Waals surface area (Å²) in [6.07, 6.45) is -0.451. The number of nitro groups is 1. The smallest absolute Gasteiger partial charge is 0.410 e. The molecule has 1 saturated heterocycles. The normalized spacial score (nSPS) is 15.0. The van der Waals surface area contributed by atoms with E-state index in [1.165, 1.54) is 23.1 Å². The fourth-order valence-corrected chi connectivity index (χ4v) is 2.62. The molecule has 0 bridgehead atoms. The number of para-hydroxylation sites is 1. The van der Waals surface area contributed by atoms with Crippen molar-refractivity contribution < 1.29 is 24.4 Å². The van der Waals surface area contributed by atoms with Gasteiger partial charge in [-0.25, -0.2) is 9.59 Å². The first kappa shape index (κ1) is 18.5. The molecule has 1 aromatic rings. The van der Waals surface area contributed by atoms with E-state index in [4.69, 9.17) is 4.74 Å². The summed E-state index contributed by atoms with van der Waals surface area (Å²) >= 11 is 0. The van der Waals surface area contributed by atoms with Gasteiger partial charge in [-0.2, -0.15) is 0 Å². The van der Waals surface area contributed by atoms with Crippen molar-refractivity contribution in [2.45, 2.75) is 26.4 Å². The van der Waals surface area contributed by atoms with Crippen LogP contribution in [0.15, 0.2) is 18.2 Å². The Morgan fingerprint density at radius 3 is 2.28 bits per heavy atom. The van der Waals surface area contributed by atoms with E-state index >= 15 is 0 Å². The number of hydrogen-bond donors (Lipinski definition) is 1. The molecule has 25 heavy (non-hydrogen) atoms. The van der Waals surface area contributed by atoms with Crippen molar-refractivity contribution in [1.29, 1.82) is 0 Å². The van der Waals surface area contributed by atoms with E-state index in [1.54, 1.807) is 25.7 Å². The molecule has 0 saturated carbocycles. The molecule has 1 N–H and O–H groups in total. The molecular weight excluding hydrogens is 330 g/mol. The highest BCUT2D eigenvalue weighted by molar-refractivity contribution is 5.97. The van der Waals surface area contributed by atoms with Crippen molar-refractivity contribution in [1.82, 2.24) is 4.90 Å². The summed E-state index contributed by atoms with van der Waals surface area (Å²) in [6, 6.07) is 3.97. The quantitative estimate of drug-likeness (QED) is 0.657. The number of ether oxygens (including phenoxy) is 1. The van der Waals surface area contributed by atoms with Crippen molar-refractivity contribution in [3.05, 3.63) is 33.9 Å². The number of benzene rings is 1. The van der Waals surface area contributed by atoms with Crippen LogP contribution in [0.4, 0.5) is 16.2 Å². The Morgan fingerprint density at radius 2 is 1.80 bits per heavy atom. The average molecular weight is 351 g/mol. The molecule has 9 nitrogen and oxygen atoms in total. The van der Waals surface area contributed by atoms with Gasteiger partial charge in [0, 0.05) is 32.2 Å². The number of piperazine rings is 1. The predicted molar refractivity (Wildman–Crippen MR) is 90.1 cm³/mol. The zero-order chi connectivity index (χ0) is 18.8. The Kier molecular flexibility index (Phi) is 5.15. The number of carbonyl (C=O) groups is 2. The zero-order valence-corrected chi connectivity index (χ0v) is 14.4. The van der Waals surface area contributed by atoms with Gasteiger partial charge in [0.25, 0.3) is 5.69 Å². The Hall–Kier alpha value is -2.84. The number of anilines is 1. The van der Waals surface area contributed by atoms with Crippen LogP contribution >= 0.6 is 0 Å². The summed E-state index contributed by atoms with van der Waals surface area (Å²) in [5.74, 6) is -1.23. The summed E-state index contributed by atoms with van der Waals surface area (Å²) < 4.78 is 5.31. The minimum atomic E-state index is -1.23. The van der Waals surface area contributed by atoms with Crippen LogP contribution in [0.1, 0.15) is 31.1 Å². The topological polar surface area (TPSA) is 113 Å². The number of rotatable bonds is 3. The van der Waals surface area contributed by atoms with Crippen LogP contribution in [0, 0.1) is 10.1 Å². The van der Waals surface area contributed by atoms with E-state index in [-0.39, 0.29) is 30.0 Å². The molecule has 1 amide bonds. The highest BCUT2D eigenvalue weighted by atomic mass is 16.6. The van der Waals surface area contributed by atoms with Gasteiger partial charge >= 0.3 is 12.1 Å². The lowest BCUT2D eigenvalue weighted by Gasteiger charge is -2.36. The van der Waals surface area contributed by atoms with Gasteiger partial charge in [-0.3, -0.25) is 10.1 Å². The first-order chi connectivity index (χ1) is 11.6. The molecule has 0 spiro atoms. The minimum Gasteiger partial charge on any atom is -0.478 e. The maximum atomic E-state index is 12.1. The van der Waals surface area contributed by atoms with Crippen LogP contribution in [-0.2, 0) is 4.74 Å². The zero-order valence-electron chi connectivity index (χ0n) is 14.4. The van der Waals surface area contributed by atoms with Crippen LogP contribution in [0.5, 0.6) is 0 Å². The lowest BCUT2D eigenvalue weighted by molar-refractivity contribution is -0.384. The number of carboxylic acid groups (broad SMARTS) is 1. The third-order valence-corrected chi connectivity index (χ3v) is 3.69. The number of hydrogen-bond acceptors (Lipinski definition) is 6. The first-order valence-electron chi connectivity index (χ1n) is 7.84. The molecule has 0 aromatic heterocycles. The first-order valence-corrected chi connectivity index (χ1v) is 7.84. The standard InChI is InChI=1S/C16H21N3O6/c1-16(2,3)25-15(22)18-9-7-17(8-10-18)13-11(14(20)21)5-4-6-12(13)19(23)24/h4-6H,7-10H2,1-3H3,(H,20,21). The van der Waals surface area contributed by atoms with Crippen LogP contribution in [0.25, 0.3) is 0 Å². The number of carbonyl (C=O) groups excluding carboxylic acids is 1. The second kappa shape index (κ2) is 6.96. The van der Waals surface area contributed by atoms with E-state index in [9.17, 15) is 24.8 Å². The number of aromatic carboxylic acids is 1. The van der Waals surface area contributed by atoms with Crippen LogP contribution < -0.4 is 4.90 Å². The van der Waals surface area contributed by atoms with Gasteiger partial charge in [-0.1, -0.05) is 6.07 Å². The van der Waals surface area contributed by atoms with Crippen molar-refractivity contribution in [3.8, 4) is 0 Å². The maximum Gasteiger partial charge on any atom is 0.410 e. The Labute approximate surface area is 144 Å². The molecule has 1 heterocycles. The van der Waals surface area contributed by atoms with Crippen molar-refractivity contribution in [2.24, 2.45) is 0 Å². The van der Waals surface area contributed by atoms with Crippen LogP contribution in [-0.4, -0.2) is 58.8 Å². The summed E-state index contributed by atoms with van der Waals surface area (Å²) in [7, 11) is 0. The Morgan fingerprint density at radius 1 is 1.20 bits per heavy atom. The fraction of sp³-hybridized carbons (Fsp3) is 0.500. The van der Waals surface area contributed by atoms with Gasteiger partial charge in [0.1, 0.15) is 11.3 Å². The van der Waals surface area contributed by atoms with Gasteiger partial charge in [0.2, 0.25) is 0 Å². The predicted octanol–water partition coefficient (Wildman–Crippen LogP) is 2.35. The molecule has 1 fully saturated rings. The van der Waals surface area contributed by atoms with Gasteiger partial charge in [0.15, 0.2) is 0 Å². The maximum absolute atomic E-state index is 12.1. The third kappa shape index (κ3) is 4.37. The summed E-state index contributed by atoms with van der Waals surface area (Å²) in [4.78, 5) is 37.3. The van der Waals surface area contributed by atoms with Gasteiger partial charge in [-0.15, -0.1) is 0 Å². The molecule has 0 unspecified atom stereocenters. The number of amides is 1. The summed E-state index contributed by atoms with van der Waals surface area (Å²) in [6.45, 7) is 6.46. The van der Waals surface area contributed by atoms with E-state index < -0.39 is 22.6 Å². The molecular formula is C16H21N3O6. The number of carboxylic acids is 1. The van der Waals surface area contributed by atoms with Crippen molar-refractivity contribution in [2.75, 3.05) is 31.1 Å². The lowest BCUT2D eigenvalue weighted by atomic mass is 10.1. The molecule has 2 rings (SSSR count). The molecule has 0 radical (unpaired) electrons. The third-order valence-electron chi connectivity index (χ3n) is 3.69. The fourth-order valence-electron chi connectivity index (χ4n) is 2.62. The molecule has 0 aliphatic carbocycles. The van der Waals surface area contributed by atoms with Gasteiger partial charge in [0.05, 0.1) is 10.5 Å². The van der Waals surface area contributed by atoms with Gasteiger partial charge in [-0.05, 0) is 26.8 Å². The van der Waals surface area contributed by atoms with E-state index in [0.29, 0.717) is 13.1 Å². The summed E-state index contributed by atoms with van der Waals surface area (Å²) in [5, 5.41) is 20.6. The molecule has 0 atom stereocenters. The number of nitrogens with zero attached hydrogens (tertiary/aromatic N) is 3. The molecule has 9 heteroatoms. The van der Waals surface area contributed by atoms with Crippen LogP contribution in [0.2, 0.25) is 0 Å². The van der Waals surface area contributed by atoms with Crippen LogP contribution in [0.3, 0.4) is 0 Å². The number of nitro benzene ring substituents is 1. The van der Waals surface area contributed by atoms with Crippen molar-refractivity contribution >= 4 is 23.4 Å². The molecule has 1 aromatic carbocycles. The SMILES string of the molecule is CC(C)(C)OC(=O)N1CCN(c2c(C(=O)O)cccc2[N+](=O)[O-])CC1. The van der Waals surface area contributed by atoms with E-state index in [0.717, 1.165) is 0 Å². The lowest BCUT2D eigenvalue weighted by Crippen LogP contribution is -2.50. The summed E-state index contributed by atoms with van der Waals surface area (Å²) in [5.41, 5.74) is -0.919. The molecule has 1 aliphatic heterocycles. The second-order valence-corrected chi connectivity index (χ2v) is 6.69. The molecule has 1 aliphatic rings. The largest absolute Gasteiger partial charge is 0.478 e. The van der Waals surface area contributed by atoms with Gasteiger partial charge < -0.3 is 19.6 Å². The van der Waals surface area contributed by atoms with Crippen molar-refractivity contribution in [3.63, 3.8) is 0 Å². The van der Waals surface area contributed by atoms with E-state index in [1.807, 2.05) is 0 Å². The second-order valence-electron chi connectivity index (χ2n) is 6.69. The van der Waals surface area contributed by atoms with E-state index in [2.05, 4.69) is 0 Å². The highest BCUT2D eigenvalue weighted by Crippen LogP contribution is 2.33. The Bertz CT molecular complexity index is 657. The minimum absolute atomic E-state index is 0.0730. The highest BCUT2D eigenvalue weighted by Gasteiger charge is 2.31. The Balaban J connectivity index is 2.19. The molecule has 136 valence electrons. The monoisotopic (exact) mass is 351 g/mol.